The lowest BCUT2D eigenvalue weighted by Crippen LogP contribution is -2.21. The highest BCUT2D eigenvalue weighted by Gasteiger charge is 1.97. The Bertz CT molecular complexity index is 408. The Hall–Kier alpha value is -1.45. The molecule has 0 fully saturated rings. The molecule has 0 rings (SSSR count). The van der Waals surface area contributed by atoms with E-state index in [1.165, 1.54) is 25.7 Å². The Morgan fingerprint density at radius 1 is 0.840 bits per heavy atom. The molecule has 0 aromatic heterocycles. The molecule has 3 heteroatoms. The monoisotopic (exact) mass is 347 g/mol. The van der Waals surface area contributed by atoms with Crippen molar-refractivity contribution in [2.45, 2.75) is 64.7 Å². The number of carbonyl (C=O) groups excluding carboxylic acids is 1. The van der Waals surface area contributed by atoms with Crippen LogP contribution in [0.1, 0.15) is 64.7 Å². The molecular weight excluding hydrogens is 310 g/mol. The molecule has 0 amide bonds. The highest BCUT2D eigenvalue weighted by Crippen LogP contribution is 2.01. The second-order valence-electron chi connectivity index (χ2n) is 6.05. The lowest BCUT2D eigenvalue weighted by Gasteiger charge is -1.99. The summed E-state index contributed by atoms with van der Waals surface area (Å²) in [6.07, 6.45) is 26.2. The van der Waals surface area contributed by atoms with Crippen molar-refractivity contribution in [2.24, 2.45) is 0 Å². The van der Waals surface area contributed by atoms with Crippen LogP contribution >= 0.6 is 0 Å². The summed E-state index contributed by atoms with van der Waals surface area (Å²) in [5, 5.41) is 11.6. The highest BCUT2D eigenvalue weighted by atomic mass is 16.3. The van der Waals surface area contributed by atoms with Gasteiger partial charge in [-0.15, -0.1) is 0 Å². The summed E-state index contributed by atoms with van der Waals surface area (Å²) in [5.74, 6) is 0.233. The first kappa shape index (κ1) is 23.5. The van der Waals surface area contributed by atoms with Gasteiger partial charge in [0.25, 0.3) is 0 Å². The predicted octanol–water partition coefficient (Wildman–Crippen LogP) is 4.89. The fraction of sp³-hybridized carbons (Fsp3) is 0.591. The number of Topliss-reactive ketones (excluding diaryl/α,β-unsaturated/α-hetero) is 1. The predicted molar refractivity (Wildman–Crippen MR) is 109 cm³/mol. The summed E-state index contributed by atoms with van der Waals surface area (Å²) in [4.78, 5) is 11.6. The molecular formula is C22H37NO2. The van der Waals surface area contributed by atoms with Crippen LogP contribution in [0, 0.1) is 0 Å². The molecule has 0 aliphatic carbocycles. The summed E-state index contributed by atoms with van der Waals surface area (Å²) in [6.45, 7) is 3.55. The van der Waals surface area contributed by atoms with Crippen molar-refractivity contribution in [2.75, 3.05) is 19.7 Å². The molecule has 25 heavy (non-hydrogen) atoms. The minimum atomic E-state index is 0.116. The number of ketones is 1. The van der Waals surface area contributed by atoms with Crippen molar-refractivity contribution in [1.82, 2.24) is 5.32 Å². The van der Waals surface area contributed by atoms with Gasteiger partial charge in [-0.2, -0.15) is 0 Å². The van der Waals surface area contributed by atoms with Crippen LogP contribution in [0.2, 0.25) is 0 Å². The Balaban J connectivity index is 3.49. The zero-order valence-corrected chi connectivity index (χ0v) is 16.0. The van der Waals surface area contributed by atoms with Gasteiger partial charge in [0.15, 0.2) is 0 Å². The summed E-state index contributed by atoms with van der Waals surface area (Å²) in [6, 6.07) is 0. The van der Waals surface area contributed by atoms with Crippen LogP contribution in [0.5, 0.6) is 0 Å². The van der Waals surface area contributed by atoms with E-state index in [2.05, 4.69) is 48.7 Å². The van der Waals surface area contributed by atoms with Crippen LogP contribution in [0.25, 0.3) is 0 Å². The Morgan fingerprint density at radius 3 is 2.04 bits per heavy atom. The topological polar surface area (TPSA) is 49.3 Å². The molecule has 0 bridgehead atoms. The number of nitrogens with one attached hydrogen (secondary N) is 1. The number of unbranched alkanes of at least 4 members (excludes halogenated alkanes) is 3. The van der Waals surface area contributed by atoms with Crippen molar-refractivity contribution < 1.29 is 9.90 Å². The molecule has 0 heterocycles. The number of carbonyl (C=O) groups is 1. The minimum absolute atomic E-state index is 0.116. The van der Waals surface area contributed by atoms with E-state index in [9.17, 15) is 4.79 Å². The van der Waals surface area contributed by atoms with Crippen molar-refractivity contribution in [3.05, 3.63) is 48.6 Å². The quantitative estimate of drug-likeness (QED) is 0.291. The van der Waals surface area contributed by atoms with Gasteiger partial charge >= 0.3 is 0 Å². The molecule has 3 nitrogen and oxygen atoms in total. The van der Waals surface area contributed by atoms with Crippen LogP contribution in [0.4, 0.5) is 0 Å². The Morgan fingerprint density at radius 2 is 1.44 bits per heavy atom. The van der Waals surface area contributed by atoms with Crippen molar-refractivity contribution >= 4 is 5.78 Å². The van der Waals surface area contributed by atoms with Crippen LogP contribution in [0.15, 0.2) is 48.6 Å². The summed E-state index contributed by atoms with van der Waals surface area (Å²) in [7, 11) is 0. The van der Waals surface area contributed by atoms with Gasteiger partial charge in [-0.1, -0.05) is 68.4 Å². The molecule has 0 aliphatic rings. The van der Waals surface area contributed by atoms with Gasteiger partial charge in [0.05, 0.1) is 6.61 Å². The minimum Gasteiger partial charge on any atom is -0.395 e. The maximum atomic E-state index is 11.6. The average Bonchev–Trinajstić information content (AvgIpc) is 2.62. The summed E-state index contributed by atoms with van der Waals surface area (Å²) < 4.78 is 0. The second kappa shape index (κ2) is 20.6. The molecule has 0 aliphatic heterocycles. The molecule has 0 atom stereocenters. The number of rotatable bonds is 17. The largest absolute Gasteiger partial charge is 0.395 e. The molecule has 2 N–H and O–H groups in total. The standard InChI is InChI=1S/C22H37NO2/c1-2-3-4-5-6-7-8-9-10-11-12-13-14-15-16-17-22(25)18-19-23-20-21-24/h6-7,9-10,12-13,15-16,23-24H,2-5,8,11,14,17-21H2,1H3/b7-6-,10-9-,13-12-,16-15-. The number of aliphatic hydroxyl groups excluding tert-OH is 1. The van der Waals surface area contributed by atoms with Gasteiger partial charge in [0.2, 0.25) is 0 Å². The van der Waals surface area contributed by atoms with E-state index in [-0.39, 0.29) is 12.4 Å². The zero-order chi connectivity index (χ0) is 18.4. The van der Waals surface area contributed by atoms with Crippen LogP contribution in [-0.4, -0.2) is 30.6 Å². The molecule has 0 aromatic carbocycles. The zero-order valence-electron chi connectivity index (χ0n) is 16.0. The number of hydrogen-bond acceptors (Lipinski definition) is 3. The molecule has 0 unspecified atom stereocenters. The first-order chi connectivity index (χ1) is 12.3. The first-order valence-electron chi connectivity index (χ1n) is 9.74. The average molecular weight is 348 g/mol. The second-order valence-corrected chi connectivity index (χ2v) is 6.05. The highest BCUT2D eigenvalue weighted by molar-refractivity contribution is 5.79. The van der Waals surface area contributed by atoms with Gasteiger partial charge < -0.3 is 10.4 Å². The third kappa shape index (κ3) is 20.5. The SMILES string of the molecule is CCCCC/C=C\C/C=C\C/C=C\C/C=C\CC(=O)CCNCCO. The van der Waals surface area contributed by atoms with Gasteiger partial charge in [-0.3, -0.25) is 4.79 Å². The Labute approximate surface area is 154 Å². The van der Waals surface area contributed by atoms with E-state index in [0.29, 0.717) is 25.9 Å². The van der Waals surface area contributed by atoms with Gasteiger partial charge in [-0.25, -0.2) is 0 Å². The first-order valence-corrected chi connectivity index (χ1v) is 9.74. The third-order valence-corrected chi connectivity index (χ3v) is 3.67. The van der Waals surface area contributed by atoms with E-state index in [0.717, 1.165) is 19.3 Å². The maximum Gasteiger partial charge on any atom is 0.137 e. The van der Waals surface area contributed by atoms with E-state index in [1.54, 1.807) is 0 Å². The van der Waals surface area contributed by atoms with E-state index < -0.39 is 0 Å². The molecule has 0 saturated heterocycles. The van der Waals surface area contributed by atoms with E-state index in [1.807, 2.05) is 12.2 Å². The molecule has 0 aromatic rings. The van der Waals surface area contributed by atoms with Crippen LogP contribution in [-0.2, 0) is 4.79 Å². The van der Waals surface area contributed by atoms with Crippen molar-refractivity contribution in [3.63, 3.8) is 0 Å². The van der Waals surface area contributed by atoms with E-state index >= 15 is 0 Å². The fourth-order valence-corrected chi connectivity index (χ4v) is 2.19. The molecule has 0 radical (unpaired) electrons. The van der Waals surface area contributed by atoms with Gasteiger partial charge in [0, 0.05) is 25.9 Å². The fourth-order valence-electron chi connectivity index (χ4n) is 2.19. The lowest BCUT2D eigenvalue weighted by atomic mass is 10.2. The third-order valence-electron chi connectivity index (χ3n) is 3.67. The molecule has 0 saturated carbocycles. The molecule has 0 spiro atoms. The van der Waals surface area contributed by atoms with E-state index in [4.69, 9.17) is 5.11 Å². The van der Waals surface area contributed by atoms with Crippen LogP contribution < -0.4 is 5.32 Å². The van der Waals surface area contributed by atoms with Crippen molar-refractivity contribution in [3.8, 4) is 0 Å². The number of allylic oxidation sites excluding steroid dienone is 8. The number of aliphatic hydroxyl groups is 1. The normalized spacial score (nSPS) is 12.4. The molecule has 142 valence electrons. The maximum absolute atomic E-state index is 11.6. The summed E-state index contributed by atoms with van der Waals surface area (Å²) >= 11 is 0. The van der Waals surface area contributed by atoms with Crippen molar-refractivity contribution in [1.29, 1.82) is 0 Å². The van der Waals surface area contributed by atoms with Gasteiger partial charge in [-0.05, 0) is 32.1 Å². The smallest absolute Gasteiger partial charge is 0.137 e. The van der Waals surface area contributed by atoms with Crippen LogP contribution in [0.3, 0.4) is 0 Å². The Kier molecular flexibility index (Phi) is 19.4. The number of hydrogen-bond donors (Lipinski definition) is 2. The lowest BCUT2D eigenvalue weighted by molar-refractivity contribution is -0.118. The van der Waals surface area contributed by atoms with Gasteiger partial charge in [0.1, 0.15) is 5.78 Å². The summed E-state index contributed by atoms with van der Waals surface area (Å²) in [5.41, 5.74) is 0.